The first-order valence-electron chi connectivity index (χ1n) is 7.97. The van der Waals surface area contributed by atoms with Gasteiger partial charge in [-0.25, -0.2) is 0 Å². The van der Waals surface area contributed by atoms with Gasteiger partial charge in [0.15, 0.2) is 5.78 Å². The van der Waals surface area contributed by atoms with Crippen LogP contribution in [-0.4, -0.2) is 12.4 Å². The summed E-state index contributed by atoms with van der Waals surface area (Å²) in [5.41, 5.74) is 0.840. The molecule has 110 valence electrons. The van der Waals surface area contributed by atoms with Crippen LogP contribution >= 0.6 is 0 Å². The highest BCUT2D eigenvalue weighted by Crippen LogP contribution is 2.30. The average molecular weight is 274 g/mol. The second kappa shape index (κ2) is 7.47. The van der Waals surface area contributed by atoms with Gasteiger partial charge in [-0.05, 0) is 49.4 Å². The van der Waals surface area contributed by atoms with Crippen molar-refractivity contribution < 1.29 is 9.53 Å². The zero-order valence-electron chi connectivity index (χ0n) is 12.7. The predicted octanol–water partition coefficient (Wildman–Crippen LogP) is 4.87. The van der Waals surface area contributed by atoms with Gasteiger partial charge >= 0.3 is 0 Å². The Balaban J connectivity index is 1.90. The van der Waals surface area contributed by atoms with E-state index in [1.165, 1.54) is 12.8 Å². The maximum Gasteiger partial charge on any atom is 0.165 e. The molecule has 0 aliphatic heterocycles. The molecule has 2 rings (SSSR count). The third-order valence-electron chi connectivity index (χ3n) is 4.29. The molecule has 0 amide bonds. The quantitative estimate of drug-likeness (QED) is 0.546. The Hall–Kier alpha value is -1.31. The van der Waals surface area contributed by atoms with Gasteiger partial charge in [0.2, 0.25) is 0 Å². The standard InChI is InChI=1S/C18H26O2/c1-3-4-13-20-17-11-9-16(10-12-17)18(19)15-7-5-14(2)6-8-15/h9-12,14-15H,3-8,13H2,1-2H3. The number of Topliss-reactive ketones (excluding diaryl/α,β-unsaturated/α-hetero) is 1. The first-order valence-corrected chi connectivity index (χ1v) is 7.97. The molecule has 0 atom stereocenters. The lowest BCUT2D eigenvalue weighted by Gasteiger charge is -2.25. The zero-order valence-corrected chi connectivity index (χ0v) is 12.7. The Kier molecular flexibility index (Phi) is 5.63. The highest BCUT2D eigenvalue weighted by molar-refractivity contribution is 5.97. The Morgan fingerprint density at radius 1 is 1.15 bits per heavy atom. The van der Waals surface area contributed by atoms with Gasteiger partial charge in [0.1, 0.15) is 5.75 Å². The Morgan fingerprint density at radius 2 is 1.80 bits per heavy atom. The van der Waals surface area contributed by atoms with Gasteiger partial charge in [-0.3, -0.25) is 4.79 Å². The fourth-order valence-electron chi connectivity index (χ4n) is 2.81. The summed E-state index contributed by atoms with van der Waals surface area (Å²) < 4.78 is 5.63. The first-order chi connectivity index (χ1) is 9.70. The molecular weight excluding hydrogens is 248 g/mol. The fourth-order valence-corrected chi connectivity index (χ4v) is 2.81. The molecule has 1 fully saturated rings. The molecule has 1 aromatic carbocycles. The molecule has 2 heteroatoms. The van der Waals surface area contributed by atoms with Gasteiger partial charge in [0, 0.05) is 11.5 Å². The van der Waals surface area contributed by atoms with Gasteiger partial charge in [0.05, 0.1) is 6.61 Å². The second-order valence-electron chi connectivity index (χ2n) is 6.05. The number of hydrogen-bond donors (Lipinski definition) is 0. The summed E-state index contributed by atoms with van der Waals surface area (Å²) in [5, 5.41) is 0. The van der Waals surface area contributed by atoms with Crippen molar-refractivity contribution in [1.29, 1.82) is 0 Å². The van der Waals surface area contributed by atoms with E-state index in [9.17, 15) is 4.79 Å². The summed E-state index contributed by atoms with van der Waals surface area (Å²) in [6.07, 6.45) is 6.68. The van der Waals surface area contributed by atoms with E-state index in [4.69, 9.17) is 4.74 Å². The van der Waals surface area contributed by atoms with Crippen LogP contribution in [0.25, 0.3) is 0 Å². The van der Waals surface area contributed by atoms with Crippen LogP contribution in [0.3, 0.4) is 0 Å². The van der Waals surface area contributed by atoms with Gasteiger partial charge in [-0.1, -0.05) is 33.1 Å². The van der Waals surface area contributed by atoms with E-state index in [1.54, 1.807) is 0 Å². The van der Waals surface area contributed by atoms with Crippen molar-refractivity contribution in [1.82, 2.24) is 0 Å². The lowest BCUT2D eigenvalue weighted by atomic mass is 9.79. The van der Waals surface area contributed by atoms with Crippen LogP contribution in [-0.2, 0) is 0 Å². The van der Waals surface area contributed by atoms with Crippen molar-refractivity contribution in [2.45, 2.75) is 52.4 Å². The van der Waals surface area contributed by atoms with E-state index in [0.29, 0.717) is 5.78 Å². The van der Waals surface area contributed by atoms with E-state index in [2.05, 4.69) is 13.8 Å². The summed E-state index contributed by atoms with van der Waals surface area (Å²) in [5.74, 6) is 2.20. The van der Waals surface area contributed by atoms with Gasteiger partial charge < -0.3 is 4.74 Å². The minimum Gasteiger partial charge on any atom is -0.494 e. The van der Waals surface area contributed by atoms with Crippen LogP contribution in [0, 0.1) is 11.8 Å². The smallest absolute Gasteiger partial charge is 0.165 e. The molecule has 0 radical (unpaired) electrons. The van der Waals surface area contributed by atoms with Crippen LogP contribution in [0.4, 0.5) is 0 Å². The summed E-state index contributed by atoms with van der Waals surface area (Å²) >= 11 is 0. The van der Waals surface area contributed by atoms with Crippen molar-refractivity contribution >= 4 is 5.78 Å². The maximum absolute atomic E-state index is 12.4. The third kappa shape index (κ3) is 4.09. The van der Waals surface area contributed by atoms with Gasteiger partial charge in [-0.15, -0.1) is 0 Å². The van der Waals surface area contributed by atoms with Crippen molar-refractivity contribution in [3.63, 3.8) is 0 Å². The van der Waals surface area contributed by atoms with Crippen LogP contribution < -0.4 is 4.74 Å². The maximum atomic E-state index is 12.4. The number of unbranched alkanes of at least 4 members (excludes halogenated alkanes) is 1. The Morgan fingerprint density at radius 3 is 2.40 bits per heavy atom. The Labute approximate surface area is 122 Å². The lowest BCUT2D eigenvalue weighted by Crippen LogP contribution is -2.20. The summed E-state index contributed by atoms with van der Waals surface area (Å²) in [6.45, 7) is 5.18. The van der Waals surface area contributed by atoms with Crippen LogP contribution in [0.2, 0.25) is 0 Å². The molecule has 0 bridgehead atoms. The summed E-state index contributed by atoms with van der Waals surface area (Å²) in [6, 6.07) is 7.69. The molecular formula is C18H26O2. The van der Waals surface area contributed by atoms with Crippen molar-refractivity contribution in [2.75, 3.05) is 6.61 Å². The van der Waals surface area contributed by atoms with Crippen LogP contribution in [0.5, 0.6) is 5.75 Å². The molecule has 0 N–H and O–H groups in total. The SMILES string of the molecule is CCCCOc1ccc(C(=O)C2CCC(C)CC2)cc1. The number of ether oxygens (including phenoxy) is 1. The first kappa shape index (κ1) is 15.1. The molecule has 1 saturated carbocycles. The molecule has 0 heterocycles. The molecule has 20 heavy (non-hydrogen) atoms. The second-order valence-corrected chi connectivity index (χ2v) is 6.05. The minimum absolute atomic E-state index is 0.234. The molecule has 1 aliphatic carbocycles. The number of benzene rings is 1. The molecule has 0 saturated heterocycles. The van der Waals surface area contributed by atoms with Crippen molar-refractivity contribution in [3.8, 4) is 5.75 Å². The number of carbonyl (C=O) groups excluding carboxylic acids is 1. The molecule has 2 nitrogen and oxygen atoms in total. The van der Waals surface area contributed by atoms with Gasteiger partial charge in [0.25, 0.3) is 0 Å². The molecule has 1 aromatic rings. The fraction of sp³-hybridized carbons (Fsp3) is 0.611. The van der Waals surface area contributed by atoms with E-state index in [0.717, 1.165) is 49.5 Å². The molecule has 0 aromatic heterocycles. The predicted molar refractivity (Wildman–Crippen MR) is 82.3 cm³/mol. The normalized spacial score (nSPS) is 22.5. The van der Waals surface area contributed by atoms with E-state index in [1.807, 2.05) is 24.3 Å². The number of hydrogen-bond acceptors (Lipinski definition) is 2. The summed E-state index contributed by atoms with van der Waals surface area (Å²) in [4.78, 5) is 12.4. The minimum atomic E-state index is 0.234. The highest BCUT2D eigenvalue weighted by Gasteiger charge is 2.25. The highest BCUT2D eigenvalue weighted by atomic mass is 16.5. The molecule has 0 spiro atoms. The summed E-state index contributed by atoms with van der Waals surface area (Å²) in [7, 11) is 0. The lowest BCUT2D eigenvalue weighted by molar-refractivity contribution is 0.0875. The van der Waals surface area contributed by atoms with E-state index in [-0.39, 0.29) is 5.92 Å². The third-order valence-corrected chi connectivity index (χ3v) is 4.29. The number of rotatable bonds is 6. The topological polar surface area (TPSA) is 26.3 Å². The van der Waals surface area contributed by atoms with Crippen molar-refractivity contribution in [3.05, 3.63) is 29.8 Å². The van der Waals surface area contributed by atoms with E-state index < -0.39 is 0 Å². The average Bonchev–Trinajstić information content (AvgIpc) is 2.48. The van der Waals surface area contributed by atoms with Crippen molar-refractivity contribution in [2.24, 2.45) is 11.8 Å². The number of carbonyl (C=O) groups is 1. The van der Waals surface area contributed by atoms with Crippen LogP contribution in [0.1, 0.15) is 62.7 Å². The van der Waals surface area contributed by atoms with E-state index >= 15 is 0 Å². The molecule has 0 unspecified atom stereocenters. The van der Waals surface area contributed by atoms with Gasteiger partial charge in [-0.2, -0.15) is 0 Å². The van der Waals surface area contributed by atoms with Crippen LogP contribution in [0.15, 0.2) is 24.3 Å². The Bertz CT molecular complexity index is 414. The number of ketones is 1. The zero-order chi connectivity index (χ0) is 14.4. The monoisotopic (exact) mass is 274 g/mol. The molecule has 1 aliphatic rings. The largest absolute Gasteiger partial charge is 0.494 e.